The van der Waals surface area contributed by atoms with Crippen LogP contribution in [-0.2, 0) is 0 Å². The maximum absolute atomic E-state index is 10.4. The van der Waals surface area contributed by atoms with E-state index in [4.69, 9.17) is 0 Å². The van der Waals surface area contributed by atoms with Crippen LogP contribution in [0.5, 0.6) is 0 Å². The molecule has 0 saturated heterocycles. The van der Waals surface area contributed by atoms with Crippen molar-refractivity contribution in [2.24, 2.45) is 11.8 Å². The second-order valence-electron chi connectivity index (χ2n) is 5.64. The standard InChI is InChI=1S/C11H23N3O5/c1-9(7-13(16)17)5-12(11(3,4)15)6-10(2)8-14(18)19/h9-10,15H,5-8H2,1-4H3. The summed E-state index contributed by atoms with van der Waals surface area (Å²) in [5.41, 5.74) is -1.16. The van der Waals surface area contributed by atoms with Crippen LogP contribution in [0.1, 0.15) is 27.7 Å². The fourth-order valence-electron chi connectivity index (χ4n) is 1.90. The lowest BCUT2D eigenvalue weighted by molar-refractivity contribution is -0.489. The zero-order valence-electron chi connectivity index (χ0n) is 11.9. The molecule has 19 heavy (non-hydrogen) atoms. The van der Waals surface area contributed by atoms with E-state index in [1.807, 2.05) is 0 Å². The van der Waals surface area contributed by atoms with Gasteiger partial charge in [-0.25, -0.2) is 0 Å². The van der Waals surface area contributed by atoms with Crippen molar-refractivity contribution in [2.75, 3.05) is 26.2 Å². The van der Waals surface area contributed by atoms with Crippen molar-refractivity contribution in [3.63, 3.8) is 0 Å². The molecule has 0 saturated carbocycles. The van der Waals surface area contributed by atoms with Gasteiger partial charge in [0.15, 0.2) is 0 Å². The highest BCUT2D eigenvalue weighted by Gasteiger charge is 2.28. The molecule has 8 heteroatoms. The normalized spacial score (nSPS) is 15.3. The number of nitro groups is 2. The minimum atomic E-state index is -1.16. The molecule has 0 spiro atoms. The van der Waals surface area contributed by atoms with Gasteiger partial charge in [0, 0.05) is 34.8 Å². The molecule has 0 amide bonds. The highest BCUT2D eigenvalue weighted by Crippen LogP contribution is 2.16. The Hall–Kier alpha value is -1.28. The fourth-order valence-corrected chi connectivity index (χ4v) is 1.90. The summed E-state index contributed by atoms with van der Waals surface area (Å²) in [5.74, 6) is -0.464. The fraction of sp³-hybridized carbons (Fsp3) is 1.00. The van der Waals surface area contributed by atoms with Gasteiger partial charge in [-0.3, -0.25) is 25.1 Å². The molecule has 0 rings (SSSR count). The Balaban J connectivity index is 4.56. The molecule has 0 bridgehead atoms. The van der Waals surface area contributed by atoms with Gasteiger partial charge in [0.05, 0.1) is 0 Å². The van der Waals surface area contributed by atoms with Gasteiger partial charge in [-0.15, -0.1) is 0 Å². The third-order valence-electron chi connectivity index (χ3n) is 2.76. The lowest BCUT2D eigenvalue weighted by Crippen LogP contribution is -2.49. The first-order chi connectivity index (χ1) is 8.52. The van der Waals surface area contributed by atoms with Crippen LogP contribution in [-0.4, -0.2) is 51.8 Å². The summed E-state index contributed by atoms with van der Waals surface area (Å²) in [6.07, 6.45) is 0. The summed E-state index contributed by atoms with van der Waals surface area (Å²) in [6, 6.07) is 0. The van der Waals surface area contributed by atoms with Crippen LogP contribution in [0.2, 0.25) is 0 Å². The van der Waals surface area contributed by atoms with E-state index < -0.39 is 15.6 Å². The Bertz CT molecular complexity index is 292. The van der Waals surface area contributed by atoms with E-state index in [1.54, 1.807) is 32.6 Å². The molecule has 1 N–H and O–H groups in total. The molecule has 0 aromatic heterocycles. The van der Waals surface area contributed by atoms with Crippen LogP contribution in [0.25, 0.3) is 0 Å². The van der Waals surface area contributed by atoms with Crippen molar-refractivity contribution in [3.05, 3.63) is 20.2 Å². The van der Waals surface area contributed by atoms with Gasteiger partial charge >= 0.3 is 0 Å². The highest BCUT2D eigenvalue weighted by molar-refractivity contribution is 4.74. The first kappa shape index (κ1) is 17.7. The van der Waals surface area contributed by atoms with Crippen LogP contribution in [0.15, 0.2) is 0 Å². The van der Waals surface area contributed by atoms with E-state index in [-0.39, 0.29) is 24.9 Å². The lowest BCUT2D eigenvalue weighted by atomic mass is 10.1. The van der Waals surface area contributed by atoms with E-state index in [0.29, 0.717) is 13.1 Å². The maximum atomic E-state index is 10.4. The summed E-state index contributed by atoms with van der Waals surface area (Å²) >= 11 is 0. The zero-order chi connectivity index (χ0) is 15.2. The van der Waals surface area contributed by atoms with Crippen LogP contribution < -0.4 is 0 Å². The van der Waals surface area contributed by atoms with Gasteiger partial charge in [-0.2, -0.15) is 0 Å². The first-order valence-electron chi connectivity index (χ1n) is 6.23. The first-order valence-corrected chi connectivity index (χ1v) is 6.23. The predicted octanol–water partition coefficient (Wildman–Crippen LogP) is 0.842. The maximum Gasteiger partial charge on any atom is 0.207 e. The minimum absolute atomic E-state index is 0.184. The number of rotatable bonds is 9. The highest BCUT2D eigenvalue weighted by atomic mass is 16.6. The molecule has 0 aromatic rings. The SMILES string of the molecule is CC(CN(CC(C)C[N+](=O)[O-])C(C)(C)O)C[N+](=O)[O-]. The number of hydrogen-bond acceptors (Lipinski definition) is 6. The van der Waals surface area contributed by atoms with Crippen LogP contribution in [0.4, 0.5) is 0 Å². The molecule has 0 heterocycles. The summed E-state index contributed by atoms with van der Waals surface area (Å²) in [7, 11) is 0. The van der Waals surface area contributed by atoms with E-state index in [2.05, 4.69) is 0 Å². The molecule has 0 aliphatic heterocycles. The van der Waals surface area contributed by atoms with Gasteiger partial charge < -0.3 is 5.11 Å². The number of aliphatic hydroxyl groups is 1. The molecule has 2 atom stereocenters. The lowest BCUT2D eigenvalue weighted by Gasteiger charge is -2.36. The van der Waals surface area contributed by atoms with Crippen LogP contribution in [0, 0.1) is 32.1 Å². The smallest absolute Gasteiger partial charge is 0.207 e. The topological polar surface area (TPSA) is 110 Å². The second kappa shape index (κ2) is 7.34. The molecule has 112 valence electrons. The molecule has 0 radical (unpaired) electrons. The number of hydrogen-bond donors (Lipinski definition) is 1. The Morgan fingerprint density at radius 3 is 1.58 bits per heavy atom. The Kier molecular flexibility index (Phi) is 6.85. The van der Waals surface area contributed by atoms with E-state index in [9.17, 15) is 25.3 Å². The summed E-state index contributed by atoms with van der Waals surface area (Å²) < 4.78 is 0. The molecular formula is C11H23N3O5. The van der Waals surface area contributed by atoms with Gasteiger partial charge in [-0.1, -0.05) is 13.8 Å². The van der Waals surface area contributed by atoms with Crippen LogP contribution in [0.3, 0.4) is 0 Å². The van der Waals surface area contributed by atoms with Crippen LogP contribution >= 0.6 is 0 Å². The summed E-state index contributed by atoms with van der Waals surface area (Å²) in [4.78, 5) is 21.7. The second-order valence-corrected chi connectivity index (χ2v) is 5.64. The predicted molar refractivity (Wildman–Crippen MR) is 69.9 cm³/mol. The molecule has 0 aromatic carbocycles. The molecule has 0 fully saturated rings. The third-order valence-corrected chi connectivity index (χ3v) is 2.76. The molecule has 0 aliphatic rings. The summed E-state index contributed by atoms with van der Waals surface area (Å²) in [5, 5.41) is 30.9. The van der Waals surface area contributed by atoms with Gasteiger partial charge in [0.2, 0.25) is 13.1 Å². The van der Waals surface area contributed by atoms with Crippen molar-refractivity contribution in [1.29, 1.82) is 0 Å². The Morgan fingerprint density at radius 2 is 1.37 bits per heavy atom. The number of nitrogens with zero attached hydrogens (tertiary/aromatic N) is 3. The molecule has 0 aliphatic carbocycles. The van der Waals surface area contributed by atoms with E-state index in [1.165, 1.54) is 0 Å². The van der Waals surface area contributed by atoms with Gasteiger partial charge in [0.1, 0.15) is 5.72 Å². The Morgan fingerprint density at radius 1 is 1.05 bits per heavy atom. The van der Waals surface area contributed by atoms with Crippen molar-refractivity contribution in [3.8, 4) is 0 Å². The van der Waals surface area contributed by atoms with Crippen molar-refractivity contribution < 1.29 is 15.0 Å². The molecule has 2 unspecified atom stereocenters. The van der Waals surface area contributed by atoms with Crippen molar-refractivity contribution >= 4 is 0 Å². The minimum Gasteiger partial charge on any atom is -0.376 e. The molecule has 8 nitrogen and oxygen atoms in total. The molecular weight excluding hydrogens is 254 g/mol. The average Bonchev–Trinajstić information content (AvgIpc) is 2.11. The monoisotopic (exact) mass is 277 g/mol. The van der Waals surface area contributed by atoms with E-state index in [0.717, 1.165) is 0 Å². The summed E-state index contributed by atoms with van der Waals surface area (Å²) in [6.45, 7) is 6.88. The largest absolute Gasteiger partial charge is 0.376 e. The van der Waals surface area contributed by atoms with Gasteiger partial charge in [-0.05, 0) is 13.8 Å². The third kappa shape index (κ3) is 8.44. The van der Waals surface area contributed by atoms with E-state index >= 15 is 0 Å². The van der Waals surface area contributed by atoms with Crippen molar-refractivity contribution in [2.45, 2.75) is 33.4 Å². The average molecular weight is 277 g/mol. The van der Waals surface area contributed by atoms with Gasteiger partial charge in [0.25, 0.3) is 0 Å². The quantitative estimate of drug-likeness (QED) is 0.380. The van der Waals surface area contributed by atoms with Crippen molar-refractivity contribution in [1.82, 2.24) is 4.90 Å². The Labute approximate surface area is 112 Å². The zero-order valence-corrected chi connectivity index (χ0v) is 11.9.